The molecule has 1 atom stereocenters. The van der Waals surface area contributed by atoms with Crippen molar-refractivity contribution in [3.8, 4) is 5.75 Å². The van der Waals surface area contributed by atoms with Gasteiger partial charge in [-0.05, 0) is 49.2 Å². The van der Waals surface area contributed by atoms with Crippen LogP contribution in [0.2, 0.25) is 5.02 Å². The lowest BCUT2D eigenvalue weighted by atomic mass is 9.98. The molecular weight excluding hydrogens is 514 g/mol. The van der Waals surface area contributed by atoms with Crippen molar-refractivity contribution in [1.82, 2.24) is 20.0 Å². The summed E-state index contributed by atoms with van der Waals surface area (Å²) in [6.45, 7) is 2.97. The fourth-order valence-electron chi connectivity index (χ4n) is 4.01. The van der Waals surface area contributed by atoms with Crippen LogP contribution in [-0.2, 0) is 20.8 Å². The van der Waals surface area contributed by atoms with Gasteiger partial charge in [0.05, 0.1) is 32.1 Å². The number of carbonyl (C=O) groups is 3. The van der Waals surface area contributed by atoms with Gasteiger partial charge in [0, 0.05) is 11.4 Å². The van der Waals surface area contributed by atoms with Crippen LogP contribution in [0.25, 0.3) is 0 Å². The minimum Gasteiger partial charge on any atom is -0.497 e. The fraction of sp³-hybridized carbons (Fsp3) is 0.308. The number of hydrogen-bond donors (Lipinski definition) is 0. The van der Waals surface area contributed by atoms with Crippen molar-refractivity contribution in [2.45, 2.75) is 32.9 Å². The molecule has 4 rings (SSSR count). The van der Waals surface area contributed by atoms with Crippen LogP contribution in [0.1, 0.15) is 58.4 Å². The predicted octanol–water partition coefficient (Wildman–Crippen LogP) is 3.67. The molecule has 0 N–H and O–H groups in total. The van der Waals surface area contributed by atoms with E-state index < -0.39 is 30.4 Å². The molecule has 0 spiro atoms. The number of methoxy groups -OCH3 is 1. The summed E-state index contributed by atoms with van der Waals surface area (Å²) >= 11 is 6.05. The number of esters is 2. The van der Waals surface area contributed by atoms with Crippen molar-refractivity contribution >= 4 is 35.2 Å². The maximum absolute atomic E-state index is 13.6. The normalized spacial score (nSPS) is 14.7. The van der Waals surface area contributed by atoms with Gasteiger partial charge in [-0.3, -0.25) is 4.79 Å². The Kier molecular flexibility index (Phi) is 8.37. The zero-order valence-electron chi connectivity index (χ0n) is 21.1. The third-order valence-corrected chi connectivity index (χ3v) is 6.05. The summed E-state index contributed by atoms with van der Waals surface area (Å²) in [4.78, 5) is 38.6. The van der Waals surface area contributed by atoms with Crippen molar-refractivity contribution in [3.63, 3.8) is 0 Å². The van der Waals surface area contributed by atoms with Crippen LogP contribution in [0.4, 0.5) is 0 Å². The van der Waals surface area contributed by atoms with E-state index in [0.717, 1.165) is 15.8 Å². The van der Waals surface area contributed by atoms with E-state index in [9.17, 15) is 14.4 Å². The van der Waals surface area contributed by atoms with Crippen LogP contribution in [0, 0.1) is 0 Å². The van der Waals surface area contributed by atoms with Gasteiger partial charge in [0.15, 0.2) is 5.69 Å². The van der Waals surface area contributed by atoms with Gasteiger partial charge in [0.2, 0.25) is 5.69 Å². The van der Waals surface area contributed by atoms with Gasteiger partial charge in [0.25, 0.3) is 5.91 Å². The largest absolute Gasteiger partial charge is 0.497 e. The number of benzene rings is 2. The lowest BCUT2D eigenvalue weighted by Gasteiger charge is -2.22. The highest BCUT2D eigenvalue weighted by Gasteiger charge is 2.35. The summed E-state index contributed by atoms with van der Waals surface area (Å²) < 4.78 is 16.4. The number of hydrogen-bond acceptors (Lipinski definition) is 9. The molecule has 0 saturated heterocycles. The Labute approximate surface area is 223 Å². The van der Waals surface area contributed by atoms with E-state index in [0.29, 0.717) is 22.9 Å². The number of halogens is 1. The van der Waals surface area contributed by atoms with Crippen LogP contribution in [0.5, 0.6) is 5.75 Å². The van der Waals surface area contributed by atoms with Crippen molar-refractivity contribution in [3.05, 3.63) is 76.1 Å². The highest BCUT2D eigenvalue weighted by molar-refractivity contribution is 6.30. The molecule has 11 nitrogen and oxygen atoms in total. The minimum atomic E-state index is -0.841. The van der Waals surface area contributed by atoms with Gasteiger partial charge >= 0.3 is 11.9 Å². The second kappa shape index (κ2) is 11.9. The SMILES string of the molecule is CCOC(=O)c1nnn(CC(=O)N2N=C(c3ccc(Cl)cc3)C[C@@H]2c2ccc(OC)cc2)c1C(=O)OCC. The predicted molar refractivity (Wildman–Crippen MR) is 137 cm³/mol. The van der Waals surface area contributed by atoms with Gasteiger partial charge in [0.1, 0.15) is 12.3 Å². The summed E-state index contributed by atoms with van der Waals surface area (Å²) in [6.07, 6.45) is 0.440. The fourth-order valence-corrected chi connectivity index (χ4v) is 4.13. The smallest absolute Gasteiger partial charge is 0.361 e. The molecule has 0 unspecified atom stereocenters. The molecule has 0 radical (unpaired) electrons. The molecule has 0 bridgehead atoms. The zero-order valence-corrected chi connectivity index (χ0v) is 21.8. The Morgan fingerprint density at radius 3 is 2.26 bits per heavy atom. The van der Waals surface area contributed by atoms with Crippen LogP contribution in [-0.4, -0.2) is 63.9 Å². The number of amides is 1. The van der Waals surface area contributed by atoms with Crippen molar-refractivity contribution in [1.29, 1.82) is 0 Å². The Morgan fingerprint density at radius 2 is 1.63 bits per heavy atom. The molecule has 1 aromatic heterocycles. The molecule has 0 fully saturated rings. The van der Waals surface area contributed by atoms with Gasteiger partial charge in [-0.1, -0.05) is 41.1 Å². The summed E-state index contributed by atoms with van der Waals surface area (Å²) in [5, 5.41) is 14.2. The van der Waals surface area contributed by atoms with Crippen molar-refractivity contribution < 1.29 is 28.6 Å². The van der Waals surface area contributed by atoms with E-state index in [4.69, 9.17) is 25.8 Å². The molecule has 2 aromatic carbocycles. The quantitative estimate of drug-likeness (QED) is 0.377. The standard InChI is InChI=1S/C26H26ClN5O6/c1-4-37-25(34)23-24(26(35)38-5-2)31(30-28-23)15-22(33)32-21(17-8-12-19(36-3)13-9-17)14-20(29-32)16-6-10-18(27)11-7-16/h6-13,21H,4-5,14-15H2,1-3H3/t21-/m1/s1. The Hall–Kier alpha value is -4.25. The summed E-state index contributed by atoms with van der Waals surface area (Å²) in [6, 6.07) is 14.1. The van der Waals surface area contributed by atoms with E-state index in [1.165, 1.54) is 5.01 Å². The van der Waals surface area contributed by atoms with Crippen LogP contribution in [0.15, 0.2) is 53.6 Å². The Bertz CT molecular complexity index is 1350. The Morgan fingerprint density at radius 1 is 0.974 bits per heavy atom. The molecule has 12 heteroatoms. The summed E-state index contributed by atoms with van der Waals surface area (Å²) in [5.74, 6) is -1.47. The topological polar surface area (TPSA) is 125 Å². The first kappa shape index (κ1) is 26.8. The number of carbonyl (C=O) groups excluding carboxylic acids is 3. The molecule has 1 aliphatic rings. The maximum Gasteiger partial charge on any atom is 0.361 e. The molecule has 1 amide bonds. The van der Waals surface area contributed by atoms with Crippen LogP contribution in [0.3, 0.4) is 0 Å². The van der Waals surface area contributed by atoms with Gasteiger partial charge in [-0.15, -0.1) is 5.10 Å². The lowest BCUT2D eigenvalue weighted by Crippen LogP contribution is -2.32. The number of rotatable bonds is 9. The molecular formula is C26H26ClN5O6. The number of hydrazone groups is 1. The highest BCUT2D eigenvalue weighted by atomic mass is 35.5. The monoisotopic (exact) mass is 539 g/mol. The van der Waals surface area contributed by atoms with E-state index in [2.05, 4.69) is 15.4 Å². The number of ether oxygens (including phenoxy) is 3. The maximum atomic E-state index is 13.6. The third kappa shape index (κ3) is 5.67. The van der Waals surface area contributed by atoms with Crippen molar-refractivity contribution in [2.24, 2.45) is 5.10 Å². The summed E-state index contributed by atoms with van der Waals surface area (Å²) in [5.41, 5.74) is 1.76. The number of aromatic nitrogens is 3. The van der Waals surface area contributed by atoms with Gasteiger partial charge < -0.3 is 14.2 Å². The minimum absolute atomic E-state index is 0.0562. The van der Waals surface area contributed by atoms with E-state index in [-0.39, 0.29) is 24.6 Å². The van der Waals surface area contributed by atoms with E-state index >= 15 is 0 Å². The van der Waals surface area contributed by atoms with Crippen LogP contribution >= 0.6 is 11.6 Å². The summed E-state index contributed by atoms with van der Waals surface area (Å²) in [7, 11) is 1.58. The second-order valence-corrected chi connectivity index (χ2v) is 8.61. The first-order valence-electron chi connectivity index (χ1n) is 11.9. The third-order valence-electron chi connectivity index (χ3n) is 5.80. The Balaban J connectivity index is 1.68. The molecule has 0 aliphatic carbocycles. The average molecular weight is 540 g/mol. The van der Waals surface area contributed by atoms with Gasteiger partial charge in [-0.2, -0.15) is 5.10 Å². The zero-order chi connectivity index (χ0) is 27.2. The number of nitrogens with zero attached hydrogens (tertiary/aromatic N) is 5. The molecule has 2 heterocycles. The van der Waals surface area contributed by atoms with E-state index in [1.54, 1.807) is 45.2 Å². The first-order valence-corrected chi connectivity index (χ1v) is 12.3. The molecule has 1 aliphatic heterocycles. The second-order valence-electron chi connectivity index (χ2n) is 8.17. The first-order chi connectivity index (χ1) is 18.4. The van der Waals surface area contributed by atoms with E-state index in [1.807, 2.05) is 24.3 Å². The van der Waals surface area contributed by atoms with Crippen LogP contribution < -0.4 is 4.74 Å². The average Bonchev–Trinajstić information content (AvgIpc) is 3.55. The molecule has 3 aromatic rings. The van der Waals surface area contributed by atoms with Gasteiger partial charge in [-0.25, -0.2) is 19.3 Å². The molecule has 0 saturated carbocycles. The highest BCUT2D eigenvalue weighted by Crippen LogP contribution is 2.34. The lowest BCUT2D eigenvalue weighted by molar-refractivity contribution is -0.133. The molecule has 198 valence electrons. The van der Waals surface area contributed by atoms with Crippen molar-refractivity contribution in [2.75, 3.05) is 20.3 Å². The molecule has 38 heavy (non-hydrogen) atoms.